The Labute approximate surface area is 178 Å². The highest BCUT2D eigenvalue weighted by Crippen LogP contribution is 2.31. The summed E-state index contributed by atoms with van der Waals surface area (Å²) in [6.07, 6.45) is 4.77. The molecule has 0 radical (unpaired) electrons. The smallest absolute Gasteiger partial charge is 0.331 e. The van der Waals surface area contributed by atoms with E-state index in [1.54, 1.807) is 12.1 Å². The first kappa shape index (κ1) is 22.6. The summed E-state index contributed by atoms with van der Waals surface area (Å²) in [6.45, 7) is 0.523. The third-order valence-electron chi connectivity index (χ3n) is 6.17. The van der Waals surface area contributed by atoms with E-state index in [-0.39, 0.29) is 29.8 Å². The highest BCUT2D eigenvalue weighted by atomic mass is 32.2. The van der Waals surface area contributed by atoms with Crippen LogP contribution in [-0.4, -0.2) is 57.4 Å². The van der Waals surface area contributed by atoms with Gasteiger partial charge < -0.3 is 14.8 Å². The fourth-order valence-electron chi connectivity index (χ4n) is 4.32. The highest BCUT2D eigenvalue weighted by Gasteiger charge is 2.43. The van der Waals surface area contributed by atoms with Crippen LogP contribution >= 0.6 is 0 Å². The van der Waals surface area contributed by atoms with Crippen LogP contribution in [0.25, 0.3) is 0 Å². The number of nitrogens with one attached hydrogen (secondary N) is 1. The van der Waals surface area contributed by atoms with Gasteiger partial charge >= 0.3 is 5.97 Å². The molecule has 0 spiro atoms. The number of esters is 1. The Balaban J connectivity index is 1.62. The zero-order chi connectivity index (χ0) is 21.8. The van der Waals surface area contributed by atoms with Crippen molar-refractivity contribution in [1.29, 1.82) is 0 Å². The van der Waals surface area contributed by atoms with Crippen molar-refractivity contribution in [2.75, 3.05) is 27.3 Å². The Hall–Kier alpha value is -2.13. The Morgan fingerprint density at radius 3 is 2.17 bits per heavy atom. The van der Waals surface area contributed by atoms with E-state index >= 15 is 0 Å². The molecule has 2 aliphatic rings. The van der Waals surface area contributed by atoms with E-state index in [1.165, 1.54) is 30.7 Å². The second-order valence-electron chi connectivity index (χ2n) is 7.98. The quantitative estimate of drug-likeness (QED) is 0.683. The number of benzene rings is 1. The lowest BCUT2D eigenvalue weighted by Gasteiger charge is -2.37. The summed E-state index contributed by atoms with van der Waals surface area (Å²) in [5.41, 5.74) is -0.948. The van der Waals surface area contributed by atoms with Crippen molar-refractivity contribution < 1.29 is 27.5 Å². The topological polar surface area (TPSA) is 102 Å². The molecular formula is C21H30N2O6S. The first-order valence-electron chi connectivity index (χ1n) is 10.4. The van der Waals surface area contributed by atoms with Gasteiger partial charge in [-0.3, -0.25) is 4.79 Å². The number of ether oxygens (including phenoxy) is 2. The molecule has 1 saturated heterocycles. The number of hydrogen-bond acceptors (Lipinski definition) is 6. The molecule has 166 valence electrons. The minimum Gasteiger partial charge on any atom is -0.497 e. The summed E-state index contributed by atoms with van der Waals surface area (Å²) >= 11 is 0. The van der Waals surface area contributed by atoms with Gasteiger partial charge in [-0.2, -0.15) is 4.31 Å². The maximum absolute atomic E-state index is 12.9. The van der Waals surface area contributed by atoms with Crippen LogP contribution < -0.4 is 10.1 Å². The van der Waals surface area contributed by atoms with E-state index in [9.17, 15) is 18.0 Å². The molecule has 1 amide bonds. The SMILES string of the molecule is COC(=O)C1(NC(=O)C2CCN(S(=O)(=O)c3ccc(OC)cc3)CC2)CCCCC1. The van der Waals surface area contributed by atoms with Gasteiger partial charge in [-0.15, -0.1) is 0 Å². The van der Waals surface area contributed by atoms with Crippen LogP contribution in [0.2, 0.25) is 0 Å². The van der Waals surface area contributed by atoms with Crippen molar-refractivity contribution in [3.63, 3.8) is 0 Å². The van der Waals surface area contributed by atoms with Crippen LogP contribution in [0.4, 0.5) is 0 Å². The fourth-order valence-corrected chi connectivity index (χ4v) is 5.79. The maximum atomic E-state index is 12.9. The number of rotatable bonds is 6. The molecule has 9 heteroatoms. The predicted octanol–water partition coefficient (Wildman–Crippen LogP) is 2.09. The summed E-state index contributed by atoms with van der Waals surface area (Å²) in [5.74, 6) is -0.318. The van der Waals surface area contributed by atoms with Crippen LogP contribution in [0, 0.1) is 5.92 Å². The molecule has 2 fully saturated rings. The average molecular weight is 439 g/mol. The Kier molecular flexibility index (Phi) is 7.02. The van der Waals surface area contributed by atoms with Crippen LogP contribution in [-0.2, 0) is 24.3 Å². The van der Waals surface area contributed by atoms with E-state index < -0.39 is 21.5 Å². The van der Waals surface area contributed by atoms with E-state index in [1.807, 2.05) is 0 Å². The Bertz CT molecular complexity index is 854. The zero-order valence-electron chi connectivity index (χ0n) is 17.6. The predicted molar refractivity (Wildman–Crippen MR) is 110 cm³/mol. The molecule has 1 N–H and O–H groups in total. The van der Waals surface area contributed by atoms with Gasteiger partial charge in [0.2, 0.25) is 15.9 Å². The summed E-state index contributed by atoms with van der Waals surface area (Å²) in [7, 11) is -0.755. The molecule has 0 bridgehead atoms. The number of hydrogen-bond donors (Lipinski definition) is 1. The van der Waals surface area contributed by atoms with Crippen molar-refractivity contribution in [1.82, 2.24) is 9.62 Å². The lowest BCUT2D eigenvalue weighted by molar-refractivity contribution is -0.153. The molecule has 0 unspecified atom stereocenters. The number of nitrogens with zero attached hydrogens (tertiary/aromatic N) is 1. The third kappa shape index (κ3) is 4.62. The normalized spacial score (nSPS) is 20.3. The molecular weight excluding hydrogens is 408 g/mol. The average Bonchev–Trinajstić information content (AvgIpc) is 2.79. The van der Waals surface area contributed by atoms with Gasteiger partial charge in [0.1, 0.15) is 11.3 Å². The molecule has 1 aliphatic carbocycles. The first-order chi connectivity index (χ1) is 14.3. The van der Waals surface area contributed by atoms with Gasteiger partial charge in [0.25, 0.3) is 0 Å². The van der Waals surface area contributed by atoms with Gasteiger partial charge in [-0.1, -0.05) is 19.3 Å². The van der Waals surface area contributed by atoms with Gasteiger partial charge in [-0.05, 0) is 49.9 Å². The number of carbonyl (C=O) groups is 2. The number of sulfonamides is 1. The highest BCUT2D eigenvalue weighted by molar-refractivity contribution is 7.89. The minimum absolute atomic E-state index is 0.191. The molecule has 1 heterocycles. The summed E-state index contributed by atoms with van der Waals surface area (Å²) < 4.78 is 37.2. The second kappa shape index (κ2) is 9.34. The molecule has 0 atom stereocenters. The molecule has 30 heavy (non-hydrogen) atoms. The molecule has 8 nitrogen and oxygen atoms in total. The van der Waals surface area contributed by atoms with Gasteiger partial charge in [-0.25, -0.2) is 13.2 Å². The molecule has 1 aliphatic heterocycles. The fraction of sp³-hybridized carbons (Fsp3) is 0.619. The largest absolute Gasteiger partial charge is 0.497 e. The molecule has 3 rings (SSSR count). The van der Waals surface area contributed by atoms with Gasteiger partial charge in [0.15, 0.2) is 0 Å². The van der Waals surface area contributed by atoms with Crippen molar-refractivity contribution in [2.45, 2.75) is 55.4 Å². The third-order valence-corrected chi connectivity index (χ3v) is 8.08. The monoisotopic (exact) mass is 438 g/mol. The van der Waals surface area contributed by atoms with Crippen LogP contribution in [0.5, 0.6) is 5.75 Å². The van der Waals surface area contributed by atoms with Crippen LogP contribution in [0.3, 0.4) is 0 Å². The molecule has 0 aromatic heterocycles. The number of piperidine rings is 1. The van der Waals surface area contributed by atoms with Crippen LogP contribution in [0.1, 0.15) is 44.9 Å². The number of methoxy groups -OCH3 is 2. The van der Waals surface area contributed by atoms with Crippen molar-refractivity contribution in [2.24, 2.45) is 5.92 Å². The Morgan fingerprint density at radius 2 is 1.63 bits per heavy atom. The van der Waals surface area contributed by atoms with Crippen molar-refractivity contribution in [3.8, 4) is 5.75 Å². The maximum Gasteiger partial charge on any atom is 0.331 e. The summed E-state index contributed by atoms with van der Waals surface area (Å²) in [6, 6.07) is 6.28. The lowest BCUT2D eigenvalue weighted by Crippen LogP contribution is -2.58. The van der Waals surface area contributed by atoms with E-state index in [2.05, 4.69) is 5.32 Å². The van der Waals surface area contributed by atoms with E-state index in [0.29, 0.717) is 31.4 Å². The Morgan fingerprint density at radius 1 is 1.03 bits per heavy atom. The number of amides is 1. The summed E-state index contributed by atoms with van der Waals surface area (Å²) in [5, 5.41) is 2.96. The van der Waals surface area contributed by atoms with Crippen LogP contribution in [0.15, 0.2) is 29.2 Å². The molecule has 1 aromatic carbocycles. The van der Waals surface area contributed by atoms with E-state index in [4.69, 9.17) is 9.47 Å². The van der Waals surface area contributed by atoms with E-state index in [0.717, 1.165) is 19.3 Å². The second-order valence-corrected chi connectivity index (χ2v) is 9.92. The van der Waals surface area contributed by atoms with Crippen molar-refractivity contribution >= 4 is 21.9 Å². The van der Waals surface area contributed by atoms with Gasteiger partial charge in [0.05, 0.1) is 19.1 Å². The van der Waals surface area contributed by atoms with Gasteiger partial charge in [0, 0.05) is 19.0 Å². The standard InChI is InChI=1S/C21H30N2O6S/c1-28-17-6-8-18(9-7-17)30(26,27)23-14-10-16(11-15-23)19(24)22-21(20(25)29-2)12-4-3-5-13-21/h6-9,16H,3-5,10-15H2,1-2H3,(H,22,24). The molecule has 1 aromatic rings. The van der Waals surface area contributed by atoms with Crippen molar-refractivity contribution in [3.05, 3.63) is 24.3 Å². The number of carbonyl (C=O) groups excluding carboxylic acids is 2. The summed E-state index contributed by atoms with van der Waals surface area (Å²) in [4.78, 5) is 25.5. The molecule has 1 saturated carbocycles. The minimum atomic E-state index is -3.62. The lowest BCUT2D eigenvalue weighted by atomic mass is 9.81. The zero-order valence-corrected chi connectivity index (χ0v) is 18.4. The first-order valence-corrected chi connectivity index (χ1v) is 11.8.